The minimum atomic E-state index is -4.02. The predicted molar refractivity (Wildman–Crippen MR) is 108 cm³/mol. The molecule has 2 N–H and O–H groups in total. The van der Waals surface area contributed by atoms with Gasteiger partial charge in [0.05, 0.1) is 5.69 Å². The highest BCUT2D eigenvalue weighted by Gasteiger charge is 2.26. The molecule has 0 radical (unpaired) electrons. The average Bonchev–Trinajstić information content (AvgIpc) is 3.26. The second-order valence-electron chi connectivity index (χ2n) is 5.64. The molecule has 0 saturated heterocycles. The molecule has 0 spiro atoms. The summed E-state index contributed by atoms with van der Waals surface area (Å²) in [7, 11) is -4.02. The molecule has 1 aromatic carbocycles. The molecule has 0 aliphatic heterocycles. The summed E-state index contributed by atoms with van der Waals surface area (Å²) in [5, 5.41) is 7.95. The third-order valence-electron chi connectivity index (χ3n) is 3.76. The number of hydrogen-bond donors (Lipinski definition) is 2. The van der Waals surface area contributed by atoms with Gasteiger partial charge in [-0.05, 0) is 58.4 Å². The van der Waals surface area contributed by atoms with E-state index in [-0.39, 0.29) is 15.7 Å². The Morgan fingerprint density at radius 1 is 1.26 bits per heavy atom. The lowest BCUT2D eigenvalue weighted by atomic mass is 10.1. The Labute approximate surface area is 169 Å². The van der Waals surface area contributed by atoms with Crippen molar-refractivity contribution in [2.45, 2.75) is 25.2 Å². The van der Waals surface area contributed by atoms with E-state index in [2.05, 4.69) is 31.1 Å². The molecular weight excluding hydrogens is 454 g/mol. The molecule has 1 amide bonds. The first-order valence-electron chi connectivity index (χ1n) is 7.94. The first-order chi connectivity index (χ1) is 12.8. The molecule has 27 heavy (non-hydrogen) atoms. The summed E-state index contributed by atoms with van der Waals surface area (Å²) in [6.07, 6.45) is 0.893. The number of rotatable bonds is 6. The number of hydrogen-bond acceptors (Lipinski definition) is 6. The number of anilines is 2. The number of sulfonamides is 1. The number of halogens is 1. The van der Waals surface area contributed by atoms with Crippen LogP contribution in [0.4, 0.5) is 11.6 Å². The molecule has 10 heteroatoms. The topological polar surface area (TPSA) is 101 Å². The molecule has 2 heterocycles. The monoisotopic (exact) mass is 469 g/mol. The third-order valence-corrected chi connectivity index (χ3v) is 7.11. The molecule has 7 nitrogen and oxygen atoms in total. The number of aromatic nitrogens is 1. The largest absolute Gasteiger partial charge is 0.336 e. The molecule has 0 fully saturated rings. The van der Waals surface area contributed by atoms with Gasteiger partial charge in [0.25, 0.3) is 21.8 Å². The van der Waals surface area contributed by atoms with Gasteiger partial charge in [-0.3, -0.25) is 4.79 Å². The van der Waals surface area contributed by atoms with Gasteiger partial charge in [-0.25, -0.2) is 13.1 Å². The fourth-order valence-corrected chi connectivity index (χ4v) is 4.98. The highest BCUT2D eigenvalue weighted by molar-refractivity contribution is 9.10. The van der Waals surface area contributed by atoms with Gasteiger partial charge in [0, 0.05) is 5.69 Å². The van der Waals surface area contributed by atoms with Gasteiger partial charge >= 0.3 is 0 Å². The minimum absolute atomic E-state index is 0.0415. The first-order valence-corrected chi connectivity index (χ1v) is 11.1. The molecular formula is C17H16BrN3O4S2. The molecule has 0 aliphatic carbocycles. The highest BCUT2D eigenvalue weighted by Crippen LogP contribution is 2.30. The molecule has 2 aromatic heterocycles. The van der Waals surface area contributed by atoms with Crippen LogP contribution in [0.25, 0.3) is 0 Å². The van der Waals surface area contributed by atoms with Crippen LogP contribution < -0.4 is 10.0 Å². The van der Waals surface area contributed by atoms with Crippen molar-refractivity contribution in [2.75, 3.05) is 10.0 Å². The number of thiophene rings is 1. The van der Waals surface area contributed by atoms with Crippen LogP contribution >= 0.6 is 27.3 Å². The second-order valence-corrected chi connectivity index (χ2v) is 9.00. The van der Waals surface area contributed by atoms with E-state index in [4.69, 9.17) is 4.52 Å². The van der Waals surface area contributed by atoms with Crippen molar-refractivity contribution in [3.05, 3.63) is 56.3 Å². The number of carbonyl (C=O) groups excluding carboxylic acids is 1. The highest BCUT2D eigenvalue weighted by atomic mass is 79.9. The third kappa shape index (κ3) is 4.23. The number of carbonyl (C=O) groups is 1. The lowest BCUT2D eigenvalue weighted by molar-refractivity contribution is 0.102. The van der Waals surface area contributed by atoms with Crippen molar-refractivity contribution in [3.63, 3.8) is 0 Å². The van der Waals surface area contributed by atoms with Crippen molar-refractivity contribution >= 4 is 54.8 Å². The van der Waals surface area contributed by atoms with E-state index in [0.717, 1.165) is 23.3 Å². The van der Waals surface area contributed by atoms with Gasteiger partial charge in [-0.2, -0.15) is 0 Å². The number of aryl methyl sites for hydroxylation is 2. The molecule has 0 unspecified atom stereocenters. The van der Waals surface area contributed by atoms with E-state index in [0.29, 0.717) is 15.9 Å². The standard InChI is InChI=1S/C17H16BrN3O4S2/c1-3-11-4-6-12(7-5-11)19-16(22)15-13(8-9-26-15)27(23,24)21-17-14(18)10(2)20-25-17/h4-9,21H,3H2,1-2H3,(H,19,22). The van der Waals surface area contributed by atoms with Crippen molar-refractivity contribution in [2.24, 2.45) is 0 Å². The molecule has 0 bridgehead atoms. The molecule has 0 saturated carbocycles. The fraction of sp³-hybridized carbons (Fsp3) is 0.176. The van der Waals surface area contributed by atoms with E-state index in [1.165, 1.54) is 6.07 Å². The maximum atomic E-state index is 12.7. The summed E-state index contributed by atoms with van der Waals surface area (Å²) < 4.78 is 33.1. The summed E-state index contributed by atoms with van der Waals surface area (Å²) >= 11 is 4.25. The summed E-state index contributed by atoms with van der Waals surface area (Å²) in [4.78, 5) is 12.5. The van der Waals surface area contributed by atoms with Gasteiger partial charge in [-0.15, -0.1) is 11.3 Å². The number of amides is 1. The number of benzene rings is 1. The average molecular weight is 470 g/mol. The van der Waals surface area contributed by atoms with Gasteiger partial charge in [0.2, 0.25) is 0 Å². The Balaban J connectivity index is 1.83. The number of nitrogens with zero attached hydrogens (tertiary/aromatic N) is 1. The summed E-state index contributed by atoms with van der Waals surface area (Å²) in [5.41, 5.74) is 2.24. The van der Waals surface area contributed by atoms with Gasteiger partial charge in [0.1, 0.15) is 14.2 Å². The minimum Gasteiger partial charge on any atom is -0.336 e. The van der Waals surface area contributed by atoms with Crippen LogP contribution in [0.3, 0.4) is 0 Å². The smallest absolute Gasteiger partial charge is 0.267 e. The normalized spacial score (nSPS) is 11.4. The molecule has 0 atom stereocenters. The van der Waals surface area contributed by atoms with Crippen LogP contribution in [-0.4, -0.2) is 19.5 Å². The van der Waals surface area contributed by atoms with Crippen molar-refractivity contribution in [1.29, 1.82) is 0 Å². The van der Waals surface area contributed by atoms with Crippen LogP contribution in [0.2, 0.25) is 0 Å². The zero-order chi connectivity index (χ0) is 19.6. The number of nitrogens with one attached hydrogen (secondary N) is 2. The quantitative estimate of drug-likeness (QED) is 0.556. The maximum Gasteiger partial charge on any atom is 0.267 e. The van der Waals surface area contributed by atoms with Crippen LogP contribution in [0, 0.1) is 6.92 Å². The van der Waals surface area contributed by atoms with Gasteiger partial charge < -0.3 is 9.84 Å². The summed E-state index contributed by atoms with van der Waals surface area (Å²) in [6, 6.07) is 8.76. The lowest BCUT2D eigenvalue weighted by Crippen LogP contribution is -2.18. The van der Waals surface area contributed by atoms with Crippen molar-refractivity contribution in [1.82, 2.24) is 5.16 Å². The van der Waals surface area contributed by atoms with Crippen LogP contribution in [0.15, 0.2) is 49.6 Å². The Hall–Kier alpha value is -2.17. The van der Waals surface area contributed by atoms with E-state index in [1.807, 2.05) is 19.1 Å². The van der Waals surface area contributed by atoms with E-state index < -0.39 is 15.9 Å². The first kappa shape index (κ1) is 19.6. The van der Waals surface area contributed by atoms with Crippen LogP contribution in [0.1, 0.15) is 27.9 Å². The zero-order valence-electron chi connectivity index (χ0n) is 14.4. The van der Waals surface area contributed by atoms with Crippen molar-refractivity contribution in [3.8, 4) is 0 Å². The lowest BCUT2D eigenvalue weighted by Gasteiger charge is -2.08. The van der Waals surface area contributed by atoms with Crippen molar-refractivity contribution < 1.29 is 17.7 Å². The van der Waals surface area contributed by atoms with E-state index in [1.54, 1.807) is 24.4 Å². The Morgan fingerprint density at radius 2 is 1.96 bits per heavy atom. The van der Waals surface area contributed by atoms with Gasteiger partial charge in [-0.1, -0.05) is 24.2 Å². The Kier molecular flexibility index (Phi) is 5.68. The Morgan fingerprint density at radius 3 is 2.56 bits per heavy atom. The maximum absolute atomic E-state index is 12.7. The Bertz CT molecular complexity index is 1070. The van der Waals surface area contributed by atoms with E-state index in [9.17, 15) is 13.2 Å². The molecule has 3 aromatic rings. The SMILES string of the molecule is CCc1ccc(NC(=O)c2sccc2S(=O)(=O)Nc2onc(C)c2Br)cc1. The predicted octanol–water partition coefficient (Wildman–Crippen LogP) is 4.42. The van der Waals surface area contributed by atoms with Gasteiger partial charge in [0.15, 0.2) is 0 Å². The molecule has 0 aliphatic rings. The fourth-order valence-electron chi connectivity index (χ4n) is 2.29. The molecule has 3 rings (SSSR count). The van der Waals surface area contributed by atoms with Crippen LogP contribution in [0.5, 0.6) is 0 Å². The second kappa shape index (κ2) is 7.83. The summed E-state index contributed by atoms with van der Waals surface area (Å²) in [6.45, 7) is 3.70. The van der Waals surface area contributed by atoms with Crippen LogP contribution in [-0.2, 0) is 16.4 Å². The van der Waals surface area contributed by atoms with E-state index >= 15 is 0 Å². The zero-order valence-corrected chi connectivity index (χ0v) is 17.7. The summed E-state index contributed by atoms with van der Waals surface area (Å²) in [5.74, 6) is -0.539. The molecule has 142 valence electrons.